The van der Waals surface area contributed by atoms with Gasteiger partial charge >= 0.3 is 0 Å². The Morgan fingerprint density at radius 3 is 2.65 bits per heavy atom. The zero-order valence-electron chi connectivity index (χ0n) is 21.5. The van der Waals surface area contributed by atoms with Gasteiger partial charge in [-0.15, -0.1) is 0 Å². The van der Waals surface area contributed by atoms with Crippen LogP contribution in [0.4, 0.5) is 10.1 Å². The highest BCUT2D eigenvalue weighted by Crippen LogP contribution is 2.34. The van der Waals surface area contributed by atoms with E-state index in [9.17, 15) is 4.79 Å². The molecule has 10 heteroatoms. The van der Waals surface area contributed by atoms with Crippen LogP contribution in [0.15, 0.2) is 67.4 Å². The van der Waals surface area contributed by atoms with Crippen LogP contribution in [0.3, 0.4) is 0 Å². The third-order valence-electron chi connectivity index (χ3n) is 7.50. The van der Waals surface area contributed by atoms with Gasteiger partial charge in [-0.2, -0.15) is 5.10 Å². The first-order valence-electron chi connectivity index (χ1n) is 13.3. The Morgan fingerprint density at radius 2 is 1.80 bits per heavy atom. The Balaban J connectivity index is 1.25. The van der Waals surface area contributed by atoms with Crippen molar-refractivity contribution >= 4 is 33.5 Å². The molecule has 5 aromatic heterocycles. The molecule has 198 valence electrons. The van der Waals surface area contributed by atoms with Crippen LogP contribution in [0.1, 0.15) is 32.1 Å². The number of nitrogens with zero attached hydrogens (tertiary/aromatic N) is 5. The summed E-state index contributed by atoms with van der Waals surface area (Å²) < 4.78 is 15.3. The Hall–Kier alpha value is -4.99. The number of benzene rings is 1. The van der Waals surface area contributed by atoms with Gasteiger partial charge in [0, 0.05) is 47.2 Å². The lowest BCUT2D eigenvalue weighted by atomic mass is 9.88. The maximum Gasteiger partial charge on any atom is 0.227 e. The van der Waals surface area contributed by atoms with Gasteiger partial charge in [0.1, 0.15) is 16.7 Å². The van der Waals surface area contributed by atoms with Crippen molar-refractivity contribution in [2.45, 2.75) is 32.1 Å². The number of rotatable bonds is 5. The smallest absolute Gasteiger partial charge is 0.227 e. The number of H-pyrrole nitrogens is 2. The first-order chi connectivity index (χ1) is 19.6. The highest BCUT2D eigenvalue weighted by atomic mass is 19.1. The van der Waals surface area contributed by atoms with E-state index in [1.807, 2.05) is 30.3 Å². The Kier molecular flexibility index (Phi) is 5.99. The molecule has 1 aliphatic rings. The van der Waals surface area contributed by atoms with Crippen LogP contribution in [-0.2, 0) is 4.79 Å². The molecule has 0 bridgehead atoms. The number of aromatic amines is 2. The van der Waals surface area contributed by atoms with Gasteiger partial charge in [-0.05, 0) is 54.8 Å². The zero-order valence-corrected chi connectivity index (χ0v) is 21.5. The van der Waals surface area contributed by atoms with Crippen molar-refractivity contribution in [1.82, 2.24) is 35.1 Å². The molecule has 7 rings (SSSR count). The minimum Gasteiger partial charge on any atom is -0.337 e. The number of aromatic nitrogens is 7. The van der Waals surface area contributed by atoms with E-state index in [4.69, 9.17) is 4.98 Å². The Bertz CT molecular complexity index is 1860. The summed E-state index contributed by atoms with van der Waals surface area (Å²) in [6, 6.07) is 10.7. The second kappa shape index (κ2) is 9.96. The molecule has 0 aliphatic heterocycles. The molecule has 1 fully saturated rings. The van der Waals surface area contributed by atoms with Crippen molar-refractivity contribution in [3.05, 3.63) is 73.2 Å². The van der Waals surface area contributed by atoms with Crippen LogP contribution >= 0.6 is 0 Å². The zero-order chi connectivity index (χ0) is 27.1. The first kappa shape index (κ1) is 24.1. The summed E-state index contributed by atoms with van der Waals surface area (Å²) in [5.41, 5.74) is 5.65. The number of anilines is 1. The fourth-order valence-corrected chi connectivity index (χ4v) is 5.47. The topological polar surface area (TPSA) is 125 Å². The van der Waals surface area contributed by atoms with E-state index < -0.39 is 5.82 Å². The third-order valence-corrected chi connectivity index (χ3v) is 7.50. The molecule has 40 heavy (non-hydrogen) atoms. The minimum atomic E-state index is -0.472. The lowest BCUT2D eigenvalue weighted by Gasteiger charge is -2.20. The molecular weight excluding hydrogens is 507 g/mol. The second-order valence-electron chi connectivity index (χ2n) is 10.1. The molecule has 0 radical (unpaired) electrons. The third kappa shape index (κ3) is 4.37. The molecule has 1 amide bonds. The van der Waals surface area contributed by atoms with Crippen molar-refractivity contribution < 1.29 is 9.18 Å². The SMILES string of the molecule is O=C(Nc1cncc(-c2cc(F)c3n[nH]c(-c4nc5c(-c6cccnc6)nccc5[nH]4)c3c2)c1)C1CCCCC1. The van der Waals surface area contributed by atoms with E-state index in [2.05, 4.69) is 35.5 Å². The number of amides is 1. The lowest BCUT2D eigenvalue weighted by molar-refractivity contribution is -0.120. The molecule has 6 aromatic rings. The second-order valence-corrected chi connectivity index (χ2v) is 10.1. The van der Waals surface area contributed by atoms with Crippen LogP contribution < -0.4 is 5.32 Å². The van der Waals surface area contributed by atoms with Crippen LogP contribution in [0.25, 0.3) is 55.8 Å². The standard InChI is InChI=1S/C30H25FN8O/c31-23-13-19(20-11-21(16-33-15-20)35-30(40)17-5-2-1-3-6-17)12-22-26(23)38-39-27(22)29-36-24-8-10-34-25(28(24)37-29)18-7-4-9-32-14-18/h4,7-17H,1-3,5-6H2,(H,35,40)(H,36,37)(H,38,39). The summed E-state index contributed by atoms with van der Waals surface area (Å²) in [7, 11) is 0. The minimum absolute atomic E-state index is 0.0161. The number of hydrogen-bond donors (Lipinski definition) is 3. The van der Waals surface area contributed by atoms with E-state index >= 15 is 4.39 Å². The maximum absolute atomic E-state index is 15.3. The van der Waals surface area contributed by atoms with Crippen molar-refractivity contribution in [3.8, 4) is 33.9 Å². The molecule has 0 saturated heterocycles. The van der Waals surface area contributed by atoms with Crippen molar-refractivity contribution in [2.24, 2.45) is 5.92 Å². The first-order valence-corrected chi connectivity index (χ1v) is 13.3. The number of imidazole rings is 1. The summed E-state index contributed by atoms with van der Waals surface area (Å²) in [5.74, 6) is 0.0825. The summed E-state index contributed by atoms with van der Waals surface area (Å²) in [6.45, 7) is 0. The van der Waals surface area contributed by atoms with Crippen molar-refractivity contribution in [3.63, 3.8) is 0 Å². The number of fused-ring (bicyclic) bond motifs is 2. The van der Waals surface area contributed by atoms with Crippen LogP contribution in [-0.4, -0.2) is 41.0 Å². The molecule has 9 nitrogen and oxygen atoms in total. The van der Waals surface area contributed by atoms with E-state index in [1.165, 1.54) is 12.5 Å². The average Bonchev–Trinajstić information content (AvgIpc) is 3.63. The fraction of sp³-hybridized carbons (Fsp3) is 0.200. The van der Waals surface area contributed by atoms with Gasteiger partial charge in [0.2, 0.25) is 5.91 Å². The van der Waals surface area contributed by atoms with E-state index in [0.717, 1.165) is 36.8 Å². The number of carbonyl (C=O) groups excluding carboxylic acids is 1. The fourth-order valence-electron chi connectivity index (χ4n) is 5.47. The quantitative estimate of drug-likeness (QED) is 0.240. The highest BCUT2D eigenvalue weighted by Gasteiger charge is 2.22. The predicted octanol–water partition coefficient (Wildman–Crippen LogP) is 6.28. The molecule has 1 aliphatic carbocycles. The number of pyridine rings is 3. The Morgan fingerprint density at radius 1 is 0.925 bits per heavy atom. The van der Waals surface area contributed by atoms with Gasteiger partial charge in [0.05, 0.1) is 23.1 Å². The van der Waals surface area contributed by atoms with Gasteiger partial charge in [-0.1, -0.05) is 19.3 Å². The van der Waals surface area contributed by atoms with E-state index in [-0.39, 0.29) is 17.3 Å². The maximum atomic E-state index is 15.3. The summed E-state index contributed by atoms with van der Waals surface area (Å²) >= 11 is 0. The summed E-state index contributed by atoms with van der Waals surface area (Å²) in [4.78, 5) is 33.9. The molecule has 0 unspecified atom stereocenters. The van der Waals surface area contributed by atoms with Gasteiger partial charge in [-0.25, -0.2) is 9.37 Å². The Labute approximate surface area is 228 Å². The van der Waals surface area contributed by atoms with Gasteiger partial charge < -0.3 is 10.3 Å². The predicted molar refractivity (Wildman–Crippen MR) is 151 cm³/mol. The average molecular weight is 533 g/mol. The normalized spacial score (nSPS) is 14.1. The molecular formula is C30H25FN8O. The van der Waals surface area contributed by atoms with Crippen LogP contribution in [0, 0.1) is 11.7 Å². The molecule has 5 heterocycles. The van der Waals surface area contributed by atoms with Gasteiger partial charge in [-0.3, -0.25) is 24.8 Å². The van der Waals surface area contributed by atoms with Gasteiger partial charge in [0.25, 0.3) is 0 Å². The van der Waals surface area contributed by atoms with Crippen LogP contribution in [0.5, 0.6) is 0 Å². The number of carbonyl (C=O) groups is 1. The lowest BCUT2D eigenvalue weighted by Crippen LogP contribution is -2.24. The highest BCUT2D eigenvalue weighted by molar-refractivity contribution is 5.98. The number of nitrogens with one attached hydrogen (secondary N) is 3. The van der Waals surface area contributed by atoms with Gasteiger partial charge in [0.15, 0.2) is 11.6 Å². The van der Waals surface area contributed by atoms with Crippen molar-refractivity contribution in [2.75, 3.05) is 5.32 Å². The molecule has 0 atom stereocenters. The summed E-state index contributed by atoms with van der Waals surface area (Å²) in [5, 5.41) is 10.8. The van der Waals surface area contributed by atoms with Crippen LogP contribution in [0.2, 0.25) is 0 Å². The van der Waals surface area contributed by atoms with E-state index in [0.29, 0.717) is 44.9 Å². The molecule has 1 aromatic carbocycles. The molecule has 1 saturated carbocycles. The van der Waals surface area contributed by atoms with Crippen molar-refractivity contribution in [1.29, 1.82) is 0 Å². The number of hydrogen-bond acceptors (Lipinski definition) is 6. The largest absolute Gasteiger partial charge is 0.337 e. The number of halogens is 1. The molecule has 0 spiro atoms. The molecule has 3 N–H and O–H groups in total. The summed E-state index contributed by atoms with van der Waals surface area (Å²) in [6.07, 6.45) is 13.6. The van der Waals surface area contributed by atoms with E-state index in [1.54, 1.807) is 31.0 Å². The monoisotopic (exact) mass is 532 g/mol.